The smallest absolute Gasteiger partial charge is 0.419 e. The molecule has 0 saturated heterocycles. The van der Waals surface area contributed by atoms with Crippen LogP contribution < -0.4 is 5.32 Å². The van der Waals surface area contributed by atoms with E-state index in [4.69, 9.17) is 0 Å². The van der Waals surface area contributed by atoms with Crippen LogP contribution in [0.4, 0.5) is 23.2 Å². The minimum Gasteiger partial charge on any atom is -0.476 e. The Morgan fingerprint density at radius 1 is 1.24 bits per heavy atom. The van der Waals surface area contributed by atoms with Gasteiger partial charge >= 0.3 is 12.1 Å². The minimum atomic E-state index is -4.76. The molecule has 1 aromatic carbocycles. The van der Waals surface area contributed by atoms with Crippen LogP contribution in [-0.2, 0) is 12.7 Å². The first-order chi connectivity index (χ1) is 11.8. The highest BCUT2D eigenvalue weighted by Crippen LogP contribution is 2.31. The van der Waals surface area contributed by atoms with E-state index in [1.54, 1.807) is 6.07 Å². The Bertz CT molecular complexity index is 950. The van der Waals surface area contributed by atoms with Crippen LogP contribution >= 0.6 is 0 Å². The number of hydrogen-bond acceptors (Lipinski definition) is 3. The first-order valence-electron chi connectivity index (χ1n) is 7.06. The molecule has 0 amide bonds. The van der Waals surface area contributed by atoms with Gasteiger partial charge < -0.3 is 10.4 Å². The van der Waals surface area contributed by atoms with Crippen molar-refractivity contribution < 1.29 is 27.5 Å². The Hall–Kier alpha value is -3.10. The maximum Gasteiger partial charge on any atom is 0.419 e. The number of halogens is 4. The number of carbonyl (C=O) groups is 1. The van der Waals surface area contributed by atoms with E-state index in [0.29, 0.717) is 11.7 Å². The van der Waals surface area contributed by atoms with Crippen molar-refractivity contribution in [3.8, 4) is 0 Å². The minimum absolute atomic E-state index is 0.0461. The van der Waals surface area contributed by atoms with Gasteiger partial charge in [-0.1, -0.05) is 6.07 Å². The zero-order valence-electron chi connectivity index (χ0n) is 12.5. The van der Waals surface area contributed by atoms with Gasteiger partial charge in [-0.05, 0) is 29.8 Å². The van der Waals surface area contributed by atoms with Crippen molar-refractivity contribution in [1.82, 2.24) is 9.38 Å². The molecule has 0 unspecified atom stereocenters. The van der Waals surface area contributed by atoms with Gasteiger partial charge in [0.2, 0.25) is 0 Å². The summed E-state index contributed by atoms with van der Waals surface area (Å²) in [5, 5.41) is 12.2. The number of carboxylic acid groups (broad SMARTS) is 1. The summed E-state index contributed by atoms with van der Waals surface area (Å²) in [6, 6.07) is 5.64. The fraction of sp³-hybridized carbons (Fsp3) is 0.125. The topological polar surface area (TPSA) is 66.6 Å². The molecule has 0 aliphatic rings. The molecule has 130 valence electrons. The zero-order valence-corrected chi connectivity index (χ0v) is 12.5. The number of aromatic carboxylic acids is 1. The monoisotopic (exact) mass is 353 g/mol. The first-order valence-corrected chi connectivity index (χ1v) is 7.06. The van der Waals surface area contributed by atoms with Gasteiger partial charge in [-0.2, -0.15) is 13.2 Å². The lowest BCUT2D eigenvalue weighted by atomic mass is 10.1. The SMILES string of the molecule is O=C(O)c1c(NCc2ccc(C(F)(F)F)c(F)c2)ccc2nccn12. The third-order valence-electron chi connectivity index (χ3n) is 3.59. The molecule has 3 aromatic rings. The van der Waals surface area contributed by atoms with Crippen LogP contribution in [0.25, 0.3) is 5.65 Å². The highest BCUT2D eigenvalue weighted by atomic mass is 19.4. The molecular formula is C16H11F4N3O2. The van der Waals surface area contributed by atoms with Crippen molar-refractivity contribution in [2.75, 3.05) is 5.32 Å². The molecule has 0 aliphatic carbocycles. The number of benzene rings is 1. The van der Waals surface area contributed by atoms with Gasteiger partial charge in [0.1, 0.15) is 11.5 Å². The molecule has 25 heavy (non-hydrogen) atoms. The van der Waals surface area contributed by atoms with Crippen LogP contribution in [0, 0.1) is 5.82 Å². The summed E-state index contributed by atoms with van der Waals surface area (Å²) < 4.78 is 52.6. The third kappa shape index (κ3) is 3.25. The van der Waals surface area contributed by atoms with Gasteiger partial charge in [-0.15, -0.1) is 0 Å². The summed E-state index contributed by atoms with van der Waals surface area (Å²) in [5.41, 5.74) is -0.515. The van der Waals surface area contributed by atoms with E-state index in [1.807, 2.05) is 0 Å². The summed E-state index contributed by atoms with van der Waals surface area (Å²) in [6.45, 7) is -0.0461. The van der Waals surface area contributed by atoms with Crippen LogP contribution in [0.1, 0.15) is 21.6 Å². The van der Waals surface area contributed by atoms with E-state index in [0.717, 1.165) is 12.1 Å². The Balaban J connectivity index is 1.87. The number of carboxylic acids is 1. The highest BCUT2D eigenvalue weighted by molar-refractivity contribution is 5.93. The molecule has 2 heterocycles. The average Bonchev–Trinajstić information content (AvgIpc) is 2.99. The Labute approximate surface area is 138 Å². The quantitative estimate of drug-likeness (QED) is 0.700. The van der Waals surface area contributed by atoms with Crippen molar-refractivity contribution in [1.29, 1.82) is 0 Å². The molecule has 9 heteroatoms. The van der Waals surface area contributed by atoms with Crippen LogP contribution in [0.2, 0.25) is 0 Å². The van der Waals surface area contributed by atoms with E-state index in [2.05, 4.69) is 10.3 Å². The number of nitrogens with zero attached hydrogens (tertiary/aromatic N) is 2. The Morgan fingerprint density at radius 3 is 2.64 bits per heavy atom. The zero-order chi connectivity index (χ0) is 18.2. The van der Waals surface area contributed by atoms with Crippen LogP contribution in [0.5, 0.6) is 0 Å². The van der Waals surface area contributed by atoms with Crippen molar-refractivity contribution >= 4 is 17.3 Å². The molecule has 0 saturated carbocycles. The first kappa shape index (κ1) is 16.7. The molecule has 0 fully saturated rings. The summed E-state index contributed by atoms with van der Waals surface area (Å²) in [4.78, 5) is 15.5. The standard InChI is InChI=1S/C16H11F4N3O2/c17-11-7-9(1-2-10(11)16(18,19)20)8-22-12-3-4-13-21-5-6-23(13)14(12)15(24)25/h1-7,22H,8H2,(H,24,25). The van der Waals surface area contributed by atoms with Crippen LogP contribution in [-0.4, -0.2) is 20.5 Å². The van der Waals surface area contributed by atoms with Crippen molar-refractivity contribution in [2.45, 2.75) is 12.7 Å². The third-order valence-corrected chi connectivity index (χ3v) is 3.59. The van der Waals surface area contributed by atoms with Crippen molar-refractivity contribution in [3.63, 3.8) is 0 Å². The number of nitrogens with one attached hydrogen (secondary N) is 1. The molecule has 0 spiro atoms. The summed E-state index contributed by atoms with van der Waals surface area (Å²) in [7, 11) is 0. The van der Waals surface area contributed by atoms with Gasteiger partial charge in [0.25, 0.3) is 0 Å². The maximum atomic E-state index is 13.6. The number of fused-ring (bicyclic) bond motifs is 1. The van der Waals surface area contributed by atoms with Gasteiger partial charge in [0, 0.05) is 18.9 Å². The Kier molecular flexibility index (Phi) is 4.07. The van der Waals surface area contributed by atoms with Gasteiger partial charge in [0.05, 0.1) is 11.3 Å². The van der Waals surface area contributed by atoms with Crippen LogP contribution in [0.15, 0.2) is 42.7 Å². The molecule has 0 radical (unpaired) electrons. The molecule has 0 bridgehead atoms. The van der Waals surface area contributed by atoms with E-state index >= 15 is 0 Å². The molecule has 0 aliphatic heterocycles. The maximum absolute atomic E-state index is 13.6. The molecule has 2 aromatic heterocycles. The van der Waals surface area contributed by atoms with Crippen LogP contribution in [0.3, 0.4) is 0 Å². The number of rotatable bonds is 4. The van der Waals surface area contributed by atoms with E-state index < -0.39 is 23.5 Å². The van der Waals surface area contributed by atoms with Gasteiger partial charge in [-0.3, -0.25) is 4.40 Å². The Morgan fingerprint density at radius 2 is 2.00 bits per heavy atom. The molecule has 5 nitrogen and oxygen atoms in total. The predicted octanol–water partition coefficient (Wildman–Crippen LogP) is 3.80. The summed E-state index contributed by atoms with van der Waals surface area (Å²) in [6.07, 6.45) is -1.85. The largest absolute Gasteiger partial charge is 0.476 e. The normalized spacial score (nSPS) is 11.7. The second-order valence-electron chi connectivity index (χ2n) is 5.22. The van der Waals surface area contributed by atoms with E-state index in [-0.39, 0.29) is 23.5 Å². The molecule has 3 rings (SSSR count). The second-order valence-corrected chi connectivity index (χ2v) is 5.22. The predicted molar refractivity (Wildman–Crippen MR) is 80.9 cm³/mol. The fourth-order valence-electron chi connectivity index (χ4n) is 2.45. The van der Waals surface area contributed by atoms with Crippen molar-refractivity contribution in [3.05, 3.63) is 65.4 Å². The number of imidazole rings is 1. The number of hydrogen-bond donors (Lipinski definition) is 2. The fourth-order valence-corrected chi connectivity index (χ4v) is 2.45. The lowest BCUT2D eigenvalue weighted by Gasteiger charge is -2.13. The molecular weight excluding hydrogens is 342 g/mol. The van der Waals surface area contributed by atoms with Crippen molar-refractivity contribution in [2.24, 2.45) is 0 Å². The summed E-state index contributed by atoms with van der Waals surface area (Å²) in [5.74, 6) is -2.58. The highest BCUT2D eigenvalue weighted by Gasteiger charge is 2.33. The molecule has 0 atom stereocenters. The van der Waals surface area contributed by atoms with Gasteiger partial charge in [-0.25, -0.2) is 14.2 Å². The lowest BCUT2D eigenvalue weighted by molar-refractivity contribution is -0.140. The number of alkyl halides is 3. The van der Waals surface area contributed by atoms with E-state index in [9.17, 15) is 27.5 Å². The second kappa shape index (κ2) is 6.08. The molecule has 2 N–H and O–H groups in total. The number of aromatic nitrogens is 2. The van der Waals surface area contributed by atoms with Gasteiger partial charge in [0.15, 0.2) is 5.69 Å². The summed E-state index contributed by atoms with van der Waals surface area (Å²) >= 11 is 0. The van der Waals surface area contributed by atoms with E-state index in [1.165, 1.54) is 22.9 Å². The number of anilines is 1. The lowest BCUT2D eigenvalue weighted by Crippen LogP contribution is -2.12. The number of pyridine rings is 1. The average molecular weight is 353 g/mol.